The Morgan fingerprint density at radius 2 is 1.24 bits per heavy atom. The molecule has 0 aliphatic heterocycles. The molecule has 0 fully saturated rings. The molecule has 0 radical (unpaired) electrons. The van der Waals surface area contributed by atoms with Crippen LogP contribution in [0.3, 0.4) is 0 Å². The zero-order chi connectivity index (χ0) is 15.0. The summed E-state index contributed by atoms with van der Waals surface area (Å²) in [6.45, 7) is 0. The van der Waals surface area contributed by atoms with Crippen molar-refractivity contribution in [3.63, 3.8) is 0 Å². The van der Waals surface area contributed by atoms with Gasteiger partial charge >= 0.3 is 0 Å². The quantitative estimate of drug-likeness (QED) is 0.536. The molecule has 0 bridgehead atoms. The lowest BCUT2D eigenvalue weighted by molar-refractivity contribution is 0.101. The number of halogens is 2. The first-order valence-electron chi connectivity index (χ1n) is 6.58. The van der Waals surface area contributed by atoms with Crippen molar-refractivity contribution in [2.24, 2.45) is 0 Å². The summed E-state index contributed by atoms with van der Waals surface area (Å²) >= 11 is 11.2. The molecule has 0 N–H and O–H groups in total. The van der Waals surface area contributed by atoms with E-state index in [0.29, 0.717) is 11.1 Å². The van der Waals surface area contributed by atoms with Gasteiger partial charge in [0.25, 0.3) is 0 Å². The molecule has 0 saturated heterocycles. The van der Waals surface area contributed by atoms with E-state index in [1.807, 2.05) is 24.3 Å². The molecule has 2 nitrogen and oxygen atoms in total. The molecule has 4 heteroatoms. The fourth-order valence-electron chi connectivity index (χ4n) is 2.67. The zero-order valence-electron chi connectivity index (χ0n) is 11.2. The van der Waals surface area contributed by atoms with Crippen LogP contribution in [-0.2, 0) is 6.42 Å². The Balaban J connectivity index is 2.10. The Morgan fingerprint density at radius 1 is 0.810 bits per heavy atom. The maximum atomic E-state index is 11.7. The van der Waals surface area contributed by atoms with Crippen LogP contribution in [0.25, 0.3) is 11.1 Å². The lowest BCUT2D eigenvalue weighted by Gasteiger charge is -2.05. The largest absolute Gasteiger partial charge is 0.293 e. The second-order valence-corrected chi connectivity index (χ2v) is 5.57. The number of alkyl halides is 2. The van der Waals surface area contributed by atoms with Gasteiger partial charge in [-0.2, -0.15) is 0 Å². The number of benzene rings is 2. The second-order valence-electron chi connectivity index (χ2n) is 5.03. The van der Waals surface area contributed by atoms with Crippen LogP contribution < -0.4 is 0 Å². The first kappa shape index (κ1) is 14.3. The van der Waals surface area contributed by atoms with Crippen molar-refractivity contribution in [1.29, 1.82) is 0 Å². The van der Waals surface area contributed by atoms with Crippen molar-refractivity contribution in [3.05, 3.63) is 58.7 Å². The van der Waals surface area contributed by atoms with Crippen LogP contribution in [-0.4, -0.2) is 23.3 Å². The molecule has 0 atom stereocenters. The molecule has 0 unspecified atom stereocenters. The maximum absolute atomic E-state index is 11.7. The molecule has 1 aliphatic rings. The molecule has 21 heavy (non-hydrogen) atoms. The first-order chi connectivity index (χ1) is 10.1. The Hall–Kier alpha value is -1.64. The van der Waals surface area contributed by atoms with Gasteiger partial charge in [-0.1, -0.05) is 24.3 Å². The highest BCUT2D eigenvalue weighted by atomic mass is 35.5. The number of Topliss-reactive ketones (excluding diaryl/α,β-unsaturated/α-hetero) is 2. The van der Waals surface area contributed by atoms with Gasteiger partial charge in [0.2, 0.25) is 0 Å². The SMILES string of the molecule is O=C(CCl)c1ccc2c(c1)-c1cc(C(=O)CCl)ccc1C2. The molecule has 0 saturated carbocycles. The number of carbonyl (C=O) groups is 2. The van der Waals surface area contributed by atoms with Crippen LogP contribution >= 0.6 is 23.2 Å². The van der Waals surface area contributed by atoms with Gasteiger partial charge < -0.3 is 0 Å². The number of ketones is 2. The van der Waals surface area contributed by atoms with Gasteiger partial charge in [0.1, 0.15) is 0 Å². The molecule has 0 heterocycles. The van der Waals surface area contributed by atoms with E-state index in [1.165, 1.54) is 0 Å². The highest BCUT2D eigenvalue weighted by Crippen LogP contribution is 2.37. The van der Waals surface area contributed by atoms with Crippen LogP contribution in [0.2, 0.25) is 0 Å². The Morgan fingerprint density at radius 3 is 1.62 bits per heavy atom. The highest BCUT2D eigenvalue weighted by molar-refractivity contribution is 6.31. The van der Waals surface area contributed by atoms with Crippen LogP contribution in [0.5, 0.6) is 0 Å². The third-order valence-electron chi connectivity index (χ3n) is 3.78. The molecular formula is C17H12Cl2O2. The summed E-state index contributed by atoms with van der Waals surface area (Å²) in [5.74, 6) is -0.255. The van der Waals surface area contributed by atoms with E-state index in [9.17, 15) is 9.59 Å². The average Bonchev–Trinajstić information content (AvgIpc) is 2.90. The van der Waals surface area contributed by atoms with Crippen molar-refractivity contribution in [3.8, 4) is 11.1 Å². The smallest absolute Gasteiger partial charge is 0.177 e. The Kier molecular flexibility index (Phi) is 3.83. The van der Waals surface area contributed by atoms with Gasteiger partial charge in [0, 0.05) is 11.1 Å². The number of hydrogen-bond acceptors (Lipinski definition) is 2. The van der Waals surface area contributed by atoms with Gasteiger partial charge in [-0.15, -0.1) is 23.2 Å². The van der Waals surface area contributed by atoms with Gasteiger partial charge in [-0.25, -0.2) is 0 Å². The van der Waals surface area contributed by atoms with E-state index in [1.54, 1.807) is 12.1 Å². The van der Waals surface area contributed by atoms with E-state index in [0.717, 1.165) is 28.7 Å². The summed E-state index contributed by atoms with van der Waals surface area (Å²) in [6, 6.07) is 11.2. The number of carbonyl (C=O) groups excluding carboxylic acids is 2. The molecule has 2 aromatic rings. The summed E-state index contributed by atoms with van der Waals surface area (Å²) < 4.78 is 0. The molecule has 2 aromatic carbocycles. The van der Waals surface area contributed by atoms with E-state index >= 15 is 0 Å². The van der Waals surface area contributed by atoms with Gasteiger partial charge in [-0.3, -0.25) is 9.59 Å². The second kappa shape index (κ2) is 5.63. The molecular weight excluding hydrogens is 307 g/mol. The van der Waals surface area contributed by atoms with E-state index < -0.39 is 0 Å². The molecule has 1 aliphatic carbocycles. The molecule has 0 amide bonds. The minimum atomic E-state index is -0.0964. The zero-order valence-corrected chi connectivity index (χ0v) is 12.7. The van der Waals surface area contributed by atoms with Gasteiger partial charge in [0.15, 0.2) is 11.6 Å². The third kappa shape index (κ3) is 2.50. The highest BCUT2D eigenvalue weighted by Gasteiger charge is 2.21. The predicted molar refractivity (Wildman–Crippen MR) is 84.8 cm³/mol. The summed E-state index contributed by atoms with van der Waals surface area (Å²) in [6.07, 6.45) is 0.815. The average molecular weight is 319 g/mol. The maximum Gasteiger partial charge on any atom is 0.177 e. The summed E-state index contributed by atoms with van der Waals surface area (Å²) in [5.41, 5.74) is 5.53. The minimum Gasteiger partial charge on any atom is -0.293 e. The summed E-state index contributed by atoms with van der Waals surface area (Å²) in [7, 11) is 0. The topological polar surface area (TPSA) is 34.1 Å². The van der Waals surface area contributed by atoms with Gasteiger partial charge in [-0.05, 0) is 40.8 Å². The van der Waals surface area contributed by atoms with Crippen LogP contribution in [0.1, 0.15) is 31.8 Å². The van der Waals surface area contributed by atoms with Crippen molar-refractivity contribution in [2.45, 2.75) is 6.42 Å². The summed E-state index contributed by atoms with van der Waals surface area (Å²) in [4.78, 5) is 23.5. The lowest BCUT2D eigenvalue weighted by Crippen LogP contribution is -2.01. The number of fused-ring (bicyclic) bond motifs is 3. The predicted octanol–water partition coefficient (Wildman–Crippen LogP) is 4.10. The fourth-order valence-corrected chi connectivity index (χ4v) is 2.98. The molecule has 0 aromatic heterocycles. The van der Waals surface area contributed by atoms with Crippen LogP contribution in [0.4, 0.5) is 0 Å². The van der Waals surface area contributed by atoms with Crippen molar-refractivity contribution in [2.75, 3.05) is 11.8 Å². The number of hydrogen-bond donors (Lipinski definition) is 0. The fraction of sp³-hybridized carbons (Fsp3) is 0.176. The van der Waals surface area contributed by atoms with Crippen LogP contribution in [0, 0.1) is 0 Å². The van der Waals surface area contributed by atoms with E-state index in [-0.39, 0.29) is 23.3 Å². The Bertz CT molecular complexity index is 687. The standard InChI is InChI=1S/C17H12Cl2O2/c18-8-16(20)12-3-1-10-5-11-2-4-13(17(21)9-19)7-15(11)14(10)6-12/h1-4,6-7H,5,8-9H2. The van der Waals surface area contributed by atoms with Gasteiger partial charge in [0.05, 0.1) is 11.8 Å². The minimum absolute atomic E-state index is 0.0313. The molecule has 3 rings (SSSR count). The van der Waals surface area contributed by atoms with E-state index in [2.05, 4.69) is 0 Å². The third-order valence-corrected chi connectivity index (χ3v) is 4.26. The number of rotatable bonds is 4. The van der Waals surface area contributed by atoms with E-state index in [4.69, 9.17) is 23.2 Å². The normalized spacial score (nSPS) is 11.9. The molecule has 0 spiro atoms. The monoisotopic (exact) mass is 318 g/mol. The first-order valence-corrected chi connectivity index (χ1v) is 7.65. The molecule has 106 valence electrons. The van der Waals surface area contributed by atoms with Crippen molar-refractivity contribution in [1.82, 2.24) is 0 Å². The van der Waals surface area contributed by atoms with Crippen molar-refractivity contribution >= 4 is 34.8 Å². The Labute approximate surface area is 132 Å². The van der Waals surface area contributed by atoms with Crippen LogP contribution in [0.15, 0.2) is 36.4 Å². The lowest BCUT2D eigenvalue weighted by atomic mass is 9.99. The summed E-state index contributed by atoms with van der Waals surface area (Å²) in [5, 5.41) is 0. The van der Waals surface area contributed by atoms with Crippen molar-refractivity contribution < 1.29 is 9.59 Å².